The second kappa shape index (κ2) is 8.56. The van der Waals surface area contributed by atoms with Crippen molar-refractivity contribution in [2.45, 2.75) is 44.7 Å². The molecule has 0 aliphatic heterocycles. The van der Waals surface area contributed by atoms with Crippen molar-refractivity contribution < 1.29 is 22.0 Å². The van der Waals surface area contributed by atoms with E-state index in [0.29, 0.717) is 12.5 Å². The number of rotatable bonds is 9. The van der Waals surface area contributed by atoms with Gasteiger partial charge in [-0.15, -0.1) is 0 Å². The Hall–Kier alpha value is -0.853. The third-order valence-corrected chi connectivity index (χ3v) is 6.77. The van der Waals surface area contributed by atoms with Crippen LogP contribution < -0.4 is 0 Å². The minimum Gasteiger partial charge on any atom is -0.398 e. The molecule has 0 saturated carbocycles. The summed E-state index contributed by atoms with van der Waals surface area (Å²) >= 11 is 0. The van der Waals surface area contributed by atoms with Crippen LogP contribution in [0.15, 0.2) is 12.1 Å². The maximum absolute atomic E-state index is 13.4. The summed E-state index contributed by atoms with van der Waals surface area (Å²) in [5, 5.41) is 0. The maximum Gasteiger partial charge on any atom is 0.334 e. The van der Waals surface area contributed by atoms with Crippen molar-refractivity contribution in [2.24, 2.45) is 0 Å². The Kier molecular flexibility index (Phi) is 7.41. The second-order valence-electron chi connectivity index (χ2n) is 5.31. The molecule has 0 bridgehead atoms. The monoisotopic (exact) mass is 320 g/mol. The quantitative estimate of drug-likeness (QED) is 0.377. The van der Waals surface area contributed by atoms with Crippen LogP contribution in [0.25, 0.3) is 0 Å². The molecule has 0 unspecified atom stereocenters. The predicted octanol–water partition coefficient (Wildman–Crippen LogP) is 4.57. The first kappa shape index (κ1) is 18.2. The summed E-state index contributed by atoms with van der Waals surface area (Å²) in [5.41, 5.74) is 0.238. The second-order valence-corrected chi connectivity index (χ2v) is 8.90. The Morgan fingerprint density at radius 2 is 1.43 bits per heavy atom. The Bertz CT molecular complexity index is 451. The first-order valence-electron chi connectivity index (χ1n) is 7.15. The van der Waals surface area contributed by atoms with Gasteiger partial charge in [-0.3, -0.25) is 0 Å². The Morgan fingerprint density at radius 1 is 0.857 bits per heavy atom. The zero-order valence-electron chi connectivity index (χ0n) is 12.8. The lowest BCUT2D eigenvalue weighted by atomic mass is 10.1. The van der Waals surface area contributed by atoms with Crippen LogP contribution in [0.4, 0.5) is 13.2 Å². The van der Waals surface area contributed by atoms with Crippen molar-refractivity contribution in [3.8, 4) is 0 Å². The summed E-state index contributed by atoms with van der Waals surface area (Å²) in [7, 11) is 1.34. The fraction of sp³-hybridized carbons (Fsp3) is 0.600. The van der Waals surface area contributed by atoms with Crippen molar-refractivity contribution >= 4 is 8.56 Å². The van der Waals surface area contributed by atoms with Crippen LogP contribution in [0.2, 0.25) is 12.6 Å². The third kappa shape index (κ3) is 5.80. The van der Waals surface area contributed by atoms with E-state index in [4.69, 9.17) is 8.85 Å². The van der Waals surface area contributed by atoms with E-state index >= 15 is 0 Å². The third-order valence-electron chi connectivity index (χ3n) is 3.78. The molecule has 1 aromatic rings. The fourth-order valence-electron chi connectivity index (χ4n) is 2.16. The van der Waals surface area contributed by atoms with Gasteiger partial charge in [0.05, 0.1) is 0 Å². The molecule has 0 aliphatic carbocycles. The zero-order chi connectivity index (χ0) is 15.9. The molecule has 0 fully saturated rings. The first-order chi connectivity index (χ1) is 9.91. The van der Waals surface area contributed by atoms with Gasteiger partial charge in [-0.2, -0.15) is 0 Å². The van der Waals surface area contributed by atoms with Gasteiger partial charge in [0.15, 0.2) is 11.6 Å². The summed E-state index contributed by atoms with van der Waals surface area (Å²) < 4.78 is 50.0. The molecule has 0 spiro atoms. The molecule has 0 saturated heterocycles. The van der Waals surface area contributed by atoms with Crippen LogP contribution in [0.3, 0.4) is 0 Å². The molecule has 0 amide bonds. The van der Waals surface area contributed by atoms with E-state index in [1.165, 1.54) is 0 Å². The average Bonchev–Trinajstić information content (AvgIpc) is 2.47. The maximum atomic E-state index is 13.4. The van der Waals surface area contributed by atoms with Crippen molar-refractivity contribution in [2.75, 3.05) is 14.2 Å². The van der Waals surface area contributed by atoms with E-state index in [-0.39, 0.29) is 5.56 Å². The summed E-state index contributed by atoms with van der Waals surface area (Å²) in [6.45, 7) is 2.02. The standard InChI is InChI=1S/C15H23F3O2Si/c1-19-21(3,20-2)9-7-5-4-6-8-12-10-14(17)15(18)11-13(12)16/h10-11H,4-9H2,1-3H3. The highest BCUT2D eigenvalue weighted by Crippen LogP contribution is 2.19. The van der Waals surface area contributed by atoms with E-state index in [2.05, 4.69) is 0 Å². The van der Waals surface area contributed by atoms with Crippen LogP contribution >= 0.6 is 0 Å². The molecule has 0 radical (unpaired) electrons. The minimum atomic E-state index is -2.00. The Morgan fingerprint density at radius 3 is 2.05 bits per heavy atom. The number of hydrogen-bond acceptors (Lipinski definition) is 2. The van der Waals surface area contributed by atoms with Crippen molar-refractivity contribution in [3.05, 3.63) is 35.1 Å². The van der Waals surface area contributed by atoms with Gasteiger partial charge < -0.3 is 8.85 Å². The van der Waals surface area contributed by atoms with E-state index < -0.39 is 26.0 Å². The van der Waals surface area contributed by atoms with Gasteiger partial charge in [-0.1, -0.05) is 19.3 Å². The Balaban J connectivity index is 2.28. The minimum absolute atomic E-state index is 0.238. The Labute approximate surface area is 125 Å². The number of benzene rings is 1. The van der Waals surface area contributed by atoms with Crippen molar-refractivity contribution in [3.63, 3.8) is 0 Å². The SMILES string of the molecule is CO[Si](C)(CCCCCCc1cc(F)c(F)cc1F)OC. The average molecular weight is 320 g/mol. The smallest absolute Gasteiger partial charge is 0.334 e. The van der Waals surface area contributed by atoms with Crippen molar-refractivity contribution in [1.82, 2.24) is 0 Å². The molecule has 0 heterocycles. The highest BCUT2D eigenvalue weighted by atomic mass is 28.4. The lowest BCUT2D eigenvalue weighted by molar-refractivity contribution is 0.248. The normalized spacial score (nSPS) is 11.9. The van der Waals surface area contributed by atoms with Crippen LogP contribution in [0.5, 0.6) is 0 Å². The zero-order valence-corrected chi connectivity index (χ0v) is 13.8. The van der Waals surface area contributed by atoms with Crippen molar-refractivity contribution in [1.29, 1.82) is 0 Å². The molecule has 6 heteroatoms. The first-order valence-corrected chi connectivity index (χ1v) is 9.68. The lowest BCUT2D eigenvalue weighted by Crippen LogP contribution is -2.35. The molecular formula is C15H23F3O2Si. The molecule has 1 aromatic carbocycles. The molecule has 2 nitrogen and oxygen atoms in total. The highest BCUT2D eigenvalue weighted by molar-refractivity contribution is 6.65. The van der Waals surface area contributed by atoms with E-state index in [9.17, 15) is 13.2 Å². The number of halogens is 3. The number of unbranched alkanes of at least 4 members (excludes halogenated alkanes) is 3. The summed E-state index contributed by atoms with van der Waals surface area (Å²) in [4.78, 5) is 0. The van der Waals surface area contributed by atoms with Gasteiger partial charge in [0.25, 0.3) is 0 Å². The summed E-state index contributed by atoms with van der Waals surface area (Å²) in [6, 6.07) is 2.48. The molecule has 1 rings (SSSR count). The van der Waals surface area contributed by atoms with Gasteiger partial charge in [-0.05, 0) is 37.1 Å². The van der Waals surface area contributed by atoms with Gasteiger partial charge in [0.2, 0.25) is 0 Å². The summed E-state index contributed by atoms with van der Waals surface area (Å²) in [6.07, 6.45) is 4.06. The van der Waals surface area contributed by atoms with Crippen LogP contribution in [-0.4, -0.2) is 22.8 Å². The van der Waals surface area contributed by atoms with Crippen LogP contribution in [-0.2, 0) is 15.3 Å². The largest absolute Gasteiger partial charge is 0.398 e. The van der Waals surface area contributed by atoms with E-state index in [1.807, 2.05) is 6.55 Å². The van der Waals surface area contributed by atoms with Gasteiger partial charge in [0, 0.05) is 20.3 Å². The van der Waals surface area contributed by atoms with E-state index in [1.54, 1.807) is 14.2 Å². The summed E-state index contributed by atoms with van der Waals surface area (Å²) in [5.74, 6) is -2.80. The number of hydrogen-bond donors (Lipinski definition) is 0. The molecular weight excluding hydrogens is 297 g/mol. The van der Waals surface area contributed by atoms with E-state index in [0.717, 1.165) is 37.8 Å². The molecule has 0 aromatic heterocycles. The molecule has 21 heavy (non-hydrogen) atoms. The molecule has 0 atom stereocenters. The molecule has 0 aliphatic rings. The van der Waals surface area contributed by atoms with Gasteiger partial charge in [-0.25, -0.2) is 13.2 Å². The van der Waals surface area contributed by atoms with Gasteiger partial charge >= 0.3 is 8.56 Å². The molecule has 0 N–H and O–H groups in total. The predicted molar refractivity (Wildman–Crippen MR) is 78.9 cm³/mol. The highest BCUT2D eigenvalue weighted by Gasteiger charge is 2.27. The fourth-order valence-corrected chi connectivity index (χ4v) is 3.63. The topological polar surface area (TPSA) is 18.5 Å². The van der Waals surface area contributed by atoms with Crippen LogP contribution in [0.1, 0.15) is 31.2 Å². The number of aryl methyl sites for hydroxylation is 1. The lowest BCUT2D eigenvalue weighted by Gasteiger charge is -2.22. The molecule has 120 valence electrons. The van der Waals surface area contributed by atoms with Gasteiger partial charge in [0.1, 0.15) is 5.82 Å². The van der Waals surface area contributed by atoms with Crippen LogP contribution in [0, 0.1) is 17.5 Å².